The molecule has 0 aliphatic heterocycles. The maximum Gasteiger partial charge on any atom is 0.191 e. The van der Waals surface area contributed by atoms with E-state index in [1.807, 2.05) is 7.05 Å². The van der Waals surface area contributed by atoms with Crippen molar-refractivity contribution in [2.24, 2.45) is 10.9 Å². The molecule has 0 unspecified atom stereocenters. The number of rotatable bonds is 6. The molecule has 2 rings (SSSR count). The highest BCUT2D eigenvalue weighted by molar-refractivity contribution is 5.80. The van der Waals surface area contributed by atoms with Gasteiger partial charge in [-0.15, -0.1) is 0 Å². The fourth-order valence-corrected chi connectivity index (χ4v) is 3.19. The average Bonchev–Trinajstić information content (AvgIpc) is 3.10. The molecule has 0 saturated heterocycles. The van der Waals surface area contributed by atoms with Crippen molar-refractivity contribution in [3.63, 3.8) is 0 Å². The van der Waals surface area contributed by atoms with Crippen LogP contribution in [0.25, 0.3) is 0 Å². The van der Waals surface area contributed by atoms with E-state index in [0.29, 0.717) is 6.04 Å². The molecule has 0 radical (unpaired) electrons. The fraction of sp³-hybridized carbons (Fsp3) is 0.812. The van der Waals surface area contributed by atoms with Gasteiger partial charge in [-0.05, 0) is 25.2 Å². The molecule has 1 fully saturated rings. The molecule has 1 saturated carbocycles. The van der Waals surface area contributed by atoms with Gasteiger partial charge in [0.2, 0.25) is 0 Å². The third-order valence-electron chi connectivity index (χ3n) is 4.38. The molecule has 108 valence electrons. The van der Waals surface area contributed by atoms with E-state index >= 15 is 0 Å². The van der Waals surface area contributed by atoms with Gasteiger partial charge in [-0.3, -0.25) is 4.99 Å². The molecule has 0 heterocycles. The van der Waals surface area contributed by atoms with Crippen molar-refractivity contribution in [1.82, 2.24) is 10.6 Å². The predicted molar refractivity (Wildman–Crippen MR) is 82.5 cm³/mol. The second-order valence-electron chi connectivity index (χ2n) is 5.93. The molecule has 2 aliphatic carbocycles. The van der Waals surface area contributed by atoms with Crippen LogP contribution in [0.2, 0.25) is 0 Å². The third kappa shape index (κ3) is 5.25. The zero-order valence-corrected chi connectivity index (χ0v) is 12.3. The molecule has 0 amide bonds. The second-order valence-corrected chi connectivity index (χ2v) is 5.93. The summed E-state index contributed by atoms with van der Waals surface area (Å²) in [5.74, 6) is 2.00. The topological polar surface area (TPSA) is 36.4 Å². The van der Waals surface area contributed by atoms with Gasteiger partial charge in [0, 0.05) is 19.6 Å². The van der Waals surface area contributed by atoms with E-state index in [9.17, 15) is 0 Å². The van der Waals surface area contributed by atoms with Crippen LogP contribution in [0.15, 0.2) is 17.1 Å². The SMILES string of the molecule is CN=C(NCCCCC1CCCC1)NC1CC=CC1. The van der Waals surface area contributed by atoms with Crippen LogP contribution in [0.3, 0.4) is 0 Å². The van der Waals surface area contributed by atoms with Crippen LogP contribution in [0.4, 0.5) is 0 Å². The number of unbranched alkanes of at least 4 members (excludes halogenated alkanes) is 1. The summed E-state index contributed by atoms with van der Waals surface area (Å²) in [6.07, 6.45) is 16.7. The molecule has 2 aliphatic rings. The highest BCUT2D eigenvalue weighted by atomic mass is 15.2. The zero-order valence-electron chi connectivity index (χ0n) is 12.3. The Bertz CT molecular complexity index is 295. The molecule has 0 atom stereocenters. The molecule has 3 nitrogen and oxygen atoms in total. The summed E-state index contributed by atoms with van der Waals surface area (Å²) in [6.45, 7) is 1.05. The Morgan fingerprint density at radius 2 is 1.89 bits per heavy atom. The minimum absolute atomic E-state index is 0.546. The van der Waals surface area contributed by atoms with Gasteiger partial charge in [0.1, 0.15) is 0 Å². The van der Waals surface area contributed by atoms with E-state index < -0.39 is 0 Å². The smallest absolute Gasteiger partial charge is 0.191 e. The van der Waals surface area contributed by atoms with Gasteiger partial charge in [-0.1, -0.05) is 50.7 Å². The Morgan fingerprint density at radius 3 is 2.58 bits per heavy atom. The first-order valence-corrected chi connectivity index (χ1v) is 8.00. The zero-order chi connectivity index (χ0) is 13.3. The van der Waals surface area contributed by atoms with Crippen LogP contribution in [-0.4, -0.2) is 25.6 Å². The predicted octanol–water partition coefficient (Wildman–Crippen LogP) is 3.23. The van der Waals surface area contributed by atoms with Crippen molar-refractivity contribution in [2.45, 2.75) is 63.8 Å². The normalized spacial score (nSPS) is 21.2. The molecule has 0 bridgehead atoms. The maximum atomic E-state index is 4.29. The Morgan fingerprint density at radius 1 is 1.16 bits per heavy atom. The molecule has 0 spiro atoms. The minimum Gasteiger partial charge on any atom is -0.356 e. The molecule has 3 heteroatoms. The van der Waals surface area contributed by atoms with Gasteiger partial charge in [0.05, 0.1) is 0 Å². The van der Waals surface area contributed by atoms with E-state index in [1.54, 1.807) is 0 Å². The summed E-state index contributed by atoms with van der Waals surface area (Å²) >= 11 is 0. The second kappa shape index (κ2) is 8.23. The lowest BCUT2D eigenvalue weighted by atomic mass is 10.0. The number of guanidine groups is 1. The number of hydrogen-bond acceptors (Lipinski definition) is 1. The van der Waals surface area contributed by atoms with Crippen molar-refractivity contribution in [3.05, 3.63) is 12.2 Å². The Hall–Kier alpha value is -0.990. The summed E-state index contributed by atoms with van der Waals surface area (Å²) in [5, 5.41) is 6.91. The van der Waals surface area contributed by atoms with Crippen LogP contribution in [0, 0.1) is 5.92 Å². The molecule has 0 aromatic rings. The van der Waals surface area contributed by atoms with Gasteiger partial charge in [-0.2, -0.15) is 0 Å². The van der Waals surface area contributed by atoms with Crippen molar-refractivity contribution < 1.29 is 0 Å². The molecule has 2 N–H and O–H groups in total. The van der Waals surface area contributed by atoms with Crippen molar-refractivity contribution in [1.29, 1.82) is 0 Å². The quantitative estimate of drug-likeness (QED) is 0.334. The molecule has 0 aromatic carbocycles. The summed E-state index contributed by atoms with van der Waals surface area (Å²) in [5.41, 5.74) is 0. The number of nitrogens with one attached hydrogen (secondary N) is 2. The maximum absolute atomic E-state index is 4.29. The van der Waals surface area contributed by atoms with E-state index in [0.717, 1.165) is 31.3 Å². The molecular weight excluding hydrogens is 234 g/mol. The van der Waals surface area contributed by atoms with Gasteiger partial charge in [-0.25, -0.2) is 0 Å². The number of hydrogen-bond donors (Lipinski definition) is 2. The summed E-state index contributed by atoms with van der Waals surface area (Å²) in [4.78, 5) is 4.29. The monoisotopic (exact) mass is 263 g/mol. The van der Waals surface area contributed by atoms with Gasteiger partial charge < -0.3 is 10.6 Å². The first-order valence-electron chi connectivity index (χ1n) is 8.00. The fourth-order valence-electron chi connectivity index (χ4n) is 3.19. The standard InChI is InChI=1S/C16H29N3/c1-17-16(19-15-11-4-5-12-15)18-13-7-6-10-14-8-2-3-9-14/h4-5,14-15H,2-3,6-13H2,1H3,(H2,17,18,19). The lowest BCUT2D eigenvalue weighted by Crippen LogP contribution is -2.42. The van der Waals surface area contributed by atoms with E-state index in [-0.39, 0.29) is 0 Å². The van der Waals surface area contributed by atoms with Gasteiger partial charge in [0.15, 0.2) is 5.96 Å². The average molecular weight is 263 g/mol. The van der Waals surface area contributed by atoms with Crippen molar-refractivity contribution in [3.8, 4) is 0 Å². The Labute approximate surface area is 118 Å². The number of nitrogens with zero attached hydrogens (tertiary/aromatic N) is 1. The molecule has 0 aromatic heterocycles. The van der Waals surface area contributed by atoms with Crippen LogP contribution in [0.1, 0.15) is 57.8 Å². The van der Waals surface area contributed by atoms with Crippen LogP contribution < -0.4 is 10.6 Å². The van der Waals surface area contributed by atoms with E-state index in [1.165, 1.54) is 44.9 Å². The molecule has 19 heavy (non-hydrogen) atoms. The van der Waals surface area contributed by atoms with Crippen LogP contribution in [0.5, 0.6) is 0 Å². The highest BCUT2D eigenvalue weighted by Crippen LogP contribution is 2.28. The summed E-state index contributed by atoms with van der Waals surface area (Å²) in [6, 6.07) is 0.546. The van der Waals surface area contributed by atoms with Crippen LogP contribution in [-0.2, 0) is 0 Å². The molecular formula is C16H29N3. The lowest BCUT2D eigenvalue weighted by Gasteiger charge is -2.17. The Kier molecular flexibility index (Phi) is 6.25. The summed E-state index contributed by atoms with van der Waals surface area (Å²) in [7, 11) is 1.86. The van der Waals surface area contributed by atoms with Crippen molar-refractivity contribution in [2.75, 3.05) is 13.6 Å². The first kappa shape index (κ1) is 14.4. The number of aliphatic imine (C=N–C) groups is 1. The third-order valence-corrected chi connectivity index (χ3v) is 4.38. The largest absolute Gasteiger partial charge is 0.356 e. The Balaban J connectivity index is 1.50. The summed E-state index contributed by atoms with van der Waals surface area (Å²) < 4.78 is 0. The highest BCUT2D eigenvalue weighted by Gasteiger charge is 2.14. The van der Waals surface area contributed by atoms with E-state index in [4.69, 9.17) is 0 Å². The lowest BCUT2D eigenvalue weighted by molar-refractivity contribution is 0.472. The minimum atomic E-state index is 0.546. The van der Waals surface area contributed by atoms with Crippen molar-refractivity contribution >= 4 is 5.96 Å². The van der Waals surface area contributed by atoms with Gasteiger partial charge >= 0.3 is 0 Å². The first-order chi connectivity index (χ1) is 9.38. The van der Waals surface area contributed by atoms with Crippen LogP contribution >= 0.6 is 0 Å². The van der Waals surface area contributed by atoms with E-state index in [2.05, 4.69) is 27.8 Å². The van der Waals surface area contributed by atoms with Gasteiger partial charge in [0.25, 0.3) is 0 Å².